The van der Waals surface area contributed by atoms with Crippen molar-refractivity contribution in [3.8, 4) is 5.75 Å². The van der Waals surface area contributed by atoms with Gasteiger partial charge in [0, 0.05) is 0 Å². The minimum atomic E-state index is -0.0000898. The van der Waals surface area contributed by atoms with Crippen LogP contribution in [-0.4, -0.2) is 33.8 Å². The van der Waals surface area contributed by atoms with E-state index >= 15 is 0 Å². The number of nitrogens with one attached hydrogen (secondary N) is 1. The van der Waals surface area contributed by atoms with E-state index in [0.29, 0.717) is 16.5 Å². The Bertz CT molecular complexity index is 554. The second-order valence-electron chi connectivity index (χ2n) is 3.62. The Morgan fingerprint density at radius 1 is 1.44 bits per heavy atom. The van der Waals surface area contributed by atoms with Gasteiger partial charge in [-0.1, -0.05) is 23.9 Å². The van der Waals surface area contributed by atoms with E-state index in [2.05, 4.69) is 15.2 Å². The largest absolute Gasteiger partial charge is 0.496 e. The van der Waals surface area contributed by atoms with Crippen LogP contribution in [0.1, 0.15) is 16.2 Å². The zero-order valence-corrected chi connectivity index (χ0v) is 11.0. The van der Waals surface area contributed by atoms with Gasteiger partial charge in [-0.15, -0.1) is 5.10 Å². The number of ether oxygens (including phenoxy) is 1. The molecular formula is C12H13N3O2S. The van der Waals surface area contributed by atoms with Crippen molar-refractivity contribution in [2.75, 3.05) is 12.9 Å². The first-order chi connectivity index (χ1) is 8.70. The number of benzene rings is 1. The SMILES string of the molecule is COc1ccccc1C(=O)CSc1n[nH]c(C)n1. The maximum atomic E-state index is 12.0. The van der Waals surface area contributed by atoms with Crippen molar-refractivity contribution in [1.82, 2.24) is 15.2 Å². The summed E-state index contributed by atoms with van der Waals surface area (Å²) in [4.78, 5) is 16.2. The fourth-order valence-corrected chi connectivity index (χ4v) is 2.20. The van der Waals surface area contributed by atoms with Crippen molar-refractivity contribution in [3.63, 3.8) is 0 Å². The first-order valence-electron chi connectivity index (χ1n) is 5.38. The number of thioether (sulfide) groups is 1. The highest BCUT2D eigenvalue weighted by molar-refractivity contribution is 7.99. The summed E-state index contributed by atoms with van der Waals surface area (Å²) in [7, 11) is 1.55. The third kappa shape index (κ3) is 2.89. The maximum Gasteiger partial charge on any atom is 0.208 e. The van der Waals surface area contributed by atoms with E-state index in [-0.39, 0.29) is 11.5 Å². The molecule has 0 fully saturated rings. The summed E-state index contributed by atoms with van der Waals surface area (Å²) in [6, 6.07) is 7.18. The quantitative estimate of drug-likeness (QED) is 0.661. The van der Waals surface area contributed by atoms with Crippen molar-refractivity contribution >= 4 is 17.5 Å². The van der Waals surface area contributed by atoms with Crippen molar-refractivity contribution in [1.29, 1.82) is 0 Å². The molecule has 0 aliphatic heterocycles. The molecule has 1 aromatic carbocycles. The van der Waals surface area contributed by atoms with Gasteiger partial charge in [0.1, 0.15) is 11.6 Å². The molecule has 0 spiro atoms. The van der Waals surface area contributed by atoms with Crippen LogP contribution in [0.15, 0.2) is 29.4 Å². The molecule has 0 aliphatic carbocycles. The Kier molecular flexibility index (Phi) is 3.99. The van der Waals surface area contributed by atoms with Gasteiger partial charge in [-0.25, -0.2) is 4.98 Å². The van der Waals surface area contributed by atoms with E-state index in [4.69, 9.17) is 4.74 Å². The van der Waals surface area contributed by atoms with Crippen molar-refractivity contribution in [3.05, 3.63) is 35.7 Å². The highest BCUT2D eigenvalue weighted by atomic mass is 32.2. The second kappa shape index (κ2) is 5.68. The van der Waals surface area contributed by atoms with Crippen molar-refractivity contribution < 1.29 is 9.53 Å². The number of H-pyrrole nitrogens is 1. The van der Waals surface area contributed by atoms with Gasteiger partial charge >= 0.3 is 0 Å². The molecule has 6 heteroatoms. The van der Waals surface area contributed by atoms with E-state index < -0.39 is 0 Å². The lowest BCUT2D eigenvalue weighted by atomic mass is 10.1. The van der Waals surface area contributed by atoms with Gasteiger partial charge in [0.15, 0.2) is 5.78 Å². The maximum absolute atomic E-state index is 12.0. The van der Waals surface area contributed by atoms with Crippen molar-refractivity contribution in [2.45, 2.75) is 12.1 Å². The molecule has 0 saturated carbocycles. The molecule has 0 bridgehead atoms. The standard InChI is InChI=1S/C12H13N3O2S/c1-8-13-12(15-14-8)18-7-10(16)9-5-3-4-6-11(9)17-2/h3-6H,7H2,1-2H3,(H,13,14,15). The van der Waals surface area contributed by atoms with Crippen LogP contribution in [0.4, 0.5) is 0 Å². The molecule has 0 aliphatic rings. The number of aromatic nitrogens is 3. The van der Waals surface area contributed by atoms with E-state index in [1.807, 2.05) is 19.1 Å². The van der Waals surface area contributed by atoms with Gasteiger partial charge in [0.25, 0.3) is 0 Å². The molecule has 0 unspecified atom stereocenters. The number of methoxy groups -OCH3 is 1. The summed E-state index contributed by atoms with van der Waals surface area (Å²) in [5, 5.41) is 7.28. The topological polar surface area (TPSA) is 67.9 Å². The van der Waals surface area contributed by atoms with Crippen LogP contribution < -0.4 is 4.74 Å². The van der Waals surface area contributed by atoms with Crippen molar-refractivity contribution in [2.24, 2.45) is 0 Å². The molecule has 2 aromatic rings. The lowest BCUT2D eigenvalue weighted by Crippen LogP contribution is -2.04. The molecular weight excluding hydrogens is 250 g/mol. The lowest BCUT2D eigenvalue weighted by molar-refractivity contribution is 0.101. The zero-order valence-electron chi connectivity index (χ0n) is 10.1. The Balaban J connectivity index is 2.03. The van der Waals surface area contributed by atoms with Gasteiger partial charge in [-0.3, -0.25) is 9.89 Å². The molecule has 0 atom stereocenters. The summed E-state index contributed by atoms with van der Waals surface area (Å²) in [6.45, 7) is 1.82. The van der Waals surface area contributed by atoms with Crippen LogP contribution in [0.3, 0.4) is 0 Å². The number of hydrogen-bond donors (Lipinski definition) is 1. The van der Waals surface area contributed by atoms with Crippen LogP contribution in [0.25, 0.3) is 0 Å². The van der Waals surface area contributed by atoms with Gasteiger partial charge in [0.05, 0.1) is 18.4 Å². The Hall–Kier alpha value is -1.82. The summed E-state index contributed by atoms with van der Waals surface area (Å²) in [6.07, 6.45) is 0. The number of para-hydroxylation sites is 1. The third-order valence-electron chi connectivity index (χ3n) is 2.32. The highest BCUT2D eigenvalue weighted by Crippen LogP contribution is 2.21. The number of nitrogens with zero attached hydrogens (tertiary/aromatic N) is 2. The second-order valence-corrected chi connectivity index (χ2v) is 4.56. The minimum absolute atomic E-state index is 0.0000898. The summed E-state index contributed by atoms with van der Waals surface area (Å²) >= 11 is 1.30. The normalized spacial score (nSPS) is 10.3. The van der Waals surface area contributed by atoms with E-state index in [1.54, 1.807) is 19.2 Å². The van der Waals surface area contributed by atoms with Crippen LogP contribution in [-0.2, 0) is 0 Å². The minimum Gasteiger partial charge on any atom is -0.496 e. The summed E-state index contributed by atoms with van der Waals surface area (Å²) in [5.74, 6) is 1.62. The molecule has 1 N–H and O–H groups in total. The monoisotopic (exact) mass is 263 g/mol. The molecule has 1 heterocycles. The first kappa shape index (κ1) is 12.6. The fourth-order valence-electron chi connectivity index (χ4n) is 1.47. The molecule has 18 heavy (non-hydrogen) atoms. The summed E-state index contributed by atoms with van der Waals surface area (Å²) in [5.41, 5.74) is 0.583. The molecule has 2 rings (SSSR count). The first-order valence-corrected chi connectivity index (χ1v) is 6.37. The predicted octanol–water partition coefficient (Wildman–Crippen LogP) is 2.10. The Labute approximate surface area is 109 Å². The third-order valence-corrected chi connectivity index (χ3v) is 3.16. The number of rotatable bonds is 5. The number of aromatic amines is 1. The van der Waals surface area contributed by atoms with Crippen LogP contribution >= 0.6 is 11.8 Å². The van der Waals surface area contributed by atoms with Gasteiger partial charge in [-0.2, -0.15) is 0 Å². The van der Waals surface area contributed by atoms with E-state index in [1.165, 1.54) is 11.8 Å². The predicted molar refractivity (Wildman–Crippen MR) is 69.2 cm³/mol. The highest BCUT2D eigenvalue weighted by Gasteiger charge is 2.13. The smallest absolute Gasteiger partial charge is 0.208 e. The molecule has 0 radical (unpaired) electrons. The Morgan fingerprint density at radius 3 is 2.89 bits per heavy atom. The van der Waals surface area contributed by atoms with Gasteiger partial charge < -0.3 is 4.74 Å². The molecule has 94 valence electrons. The fraction of sp³-hybridized carbons (Fsp3) is 0.250. The lowest BCUT2D eigenvalue weighted by Gasteiger charge is -2.05. The van der Waals surface area contributed by atoms with Crippen LogP contribution in [0, 0.1) is 6.92 Å². The van der Waals surface area contributed by atoms with E-state index in [0.717, 1.165) is 5.82 Å². The number of carbonyl (C=O) groups is 1. The molecule has 0 amide bonds. The molecule has 0 saturated heterocycles. The van der Waals surface area contributed by atoms with Gasteiger partial charge in [0.2, 0.25) is 5.16 Å². The van der Waals surface area contributed by atoms with E-state index in [9.17, 15) is 4.79 Å². The Morgan fingerprint density at radius 2 is 2.22 bits per heavy atom. The van der Waals surface area contributed by atoms with Crippen LogP contribution in [0.2, 0.25) is 0 Å². The average molecular weight is 263 g/mol. The zero-order chi connectivity index (χ0) is 13.0. The number of aryl methyl sites for hydroxylation is 1. The number of carbonyl (C=O) groups excluding carboxylic acids is 1. The average Bonchev–Trinajstić information content (AvgIpc) is 2.81. The molecule has 1 aromatic heterocycles. The number of ketones is 1. The molecule has 5 nitrogen and oxygen atoms in total. The summed E-state index contributed by atoms with van der Waals surface area (Å²) < 4.78 is 5.16. The van der Waals surface area contributed by atoms with Gasteiger partial charge in [-0.05, 0) is 19.1 Å². The number of Topliss-reactive ketones (excluding diaryl/α,β-unsaturated/α-hetero) is 1. The number of hydrogen-bond acceptors (Lipinski definition) is 5. The van der Waals surface area contributed by atoms with Crippen LogP contribution in [0.5, 0.6) is 5.75 Å².